The predicted octanol–water partition coefficient (Wildman–Crippen LogP) is 1.30. The summed E-state index contributed by atoms with van der Waals surface area (Å²) in [6.45, 7) is 5.95. The van der Waals surface area contributed by atoms with Crippen molar-refractivity contribution in [1.29, 1.82) is 0 Å². The average Bonchev–Trinajstić information content (AvgIpc) is 3.10. The van der Waals surface area contributed by atoms with Crippen LogP contribution >= 0.6 is 0 Å². The van der Waals surface area contributed by atoms with Crippen molar-refractivity contribution in [2.75, 3.05) is 0 Å². The number of hydrogen-bond acceptors (Lipinski definition) is 2. The molecule has 96 valence electrons. The van der Waals surface area contributed by atoms with Gasteiger partial charge in [0.1, 0.15) is 12.1 Å². The van der Waals surface area contributed by atoms with Crippen LogP contribution in [0.15, 0.2) is 0 Å². The topological polar surface area (TPSA) is 49.4 Å². The molecule has 1 saturated heterocycles. The summed E-state index contributed by atoms with van der Waals surface area (Å²) in [4.78, 5) is 26.2. The molecule has 0 radical (unpaired) electrons. The first-order chi connectivity index (χ1) is 8.10. The van der Waals surface area contributed by atoms with Crippen LogP contribution in [-0.2, 0) is 9.59 Å². The molecular weight excluding hydrogens is 216 g/mol. The number of carbonyl (C=O) groups is 2. The van der Waals surface area contributed by atoms with Crippen molar-refractivity contribution in [3.63, 3.8) is 0 Å². The summed E-state index contributed by atoms with van der Waals surface area (Å²) in [5.41, 5.74) is 0. The molecule has 2 amide bonds. The number of amides is 2. The Balaban J connectivity index is 2.25. The molecule has 2 rings (SSSR count). The number of nitrogens with zero attached hydrogens (tertiary/aromatic N) is 1. The van der Waals surface area contributed by atoms with Gasteiger partial charge in [0, 0.05) is 6.04 Å². The summed E-state index contributed by atoms with van der Waals surface area (Å²) in [6, 6.07) is -0.358. The van der Waals surface area contributed by atoms with E-state index >= 15 is 0 Å². The van der Waals surface area contributed by atoms with Gasteiger partial charge < -0.3 is 10.2 Å². The number of rotatable bonds is 4. The molecule has 0 spiro atoms. The van der Waals surface area contributed by atoms with Crippen molar-refractivity contribution in [3.05, 3.63) is 0 Å². The van der Waals surface area contributed by atoms with Crippen LogP contribution in [0.25, 0.3) is 0 Å². The quantitative estimate of drug-likeness (QED) is 0.802. The second-order valence-corrected chi connectivity index (χ2v) is 5.23. The number of piperazine rings is 1. The van der Waals surface area contributed by atoms with Crippen molar-refractivity contribution in [2.45, 2.75) is 64.6 Å². The molecular formula is C13H22N2O2. The fourth-order valence-electron chi connectivity index (χ4n) is 2.79. The lowest BCUT2D eigenvalue weighted by atomic mass is 9.98. The standard InChI is InChI=1S/C13H22N2O2/c1-4-10(5-2)15-11(9-6-7-9)12(16)14-8(3)13(15)17/h8-11H,4-7H2,1-3H3,(H,14,16). The normalized spacial score (nSPS) is 29.8. The molecule has 17 heavy (non-hydrogen) atoms. The van der Waals surface area contributed by atoms with Gasteiger partial charge in [-0.3, -0.25) is 9.59 Å². The molecule has 4 nitrogen and oxygen atoms in total. The van der Waals surface area contributed by atoms with Crippen molar-refractivity contribution >= 4 is 11.8 Å². The Hall–Kier alpha value is -1.06. The minimum atomic E-state index is -0.363. The zero-order chi connectivity index (χ0) is 12.6. The first kappa shape index (κ1) is 12.4. The average molecular weight is 238 g/mol. The van der Waals surface area contributed by atoms with Crippen LogP contribution in [0.4, 0.5) is 0 Å². The molecule has 0 aromatic heterocycles. The lowest BCUT2D eigenvalue weighted by Gasteiger charge is -2.42. The molecule has 1 aliphatic heterocycles. The minimum Gasteiger partial charge on any atom is -0.343 e. The molecule has 1 aliphatic carbocycles. The van der Waals surface area contributed by atoms with Crippen molar-refractivity contribution in [2.24, 2.45) is 5.92 Å². The summed E-state index contributed by atoms with van der Waals surface area (Å²) in [5, 5.41) is 2.80. The fourth-order valence-corrected chi connectivity index (χ4v) is 2.79. The zero-order valence-corrected chi connectivity index (χ0v) is 10.9. The summed E-state index contributed by atoms with van der Waals surface area (Å²) < 4.78 is 0. The van der Waals surface area contributed by atoms with E-state index in [-0.39, 0.29) is 29.9 Å². The first-order valence-corrected chi connectivity index (χ1v) is 6.72. The second kappa shape index (κ2) is 4.67. The third-order valence-electron chi connectivity index (χ3n) is 3.96. The molecule has 2 aliphatic rings. The molecule has 1 heterocycles. The van der Waals surface area contributed by atoms with Crippen molar-refractivity contribution in [1.82, 2.24) is 10.2 Å². The number of carbonyl (C=O) groups excluding carboxylic acids is 2. The summed E-state index contributed by atoms with van der Waals surface area (Å²) in [6.07, 6.45) is 4.00. The van der Waals surface area contributed by atoms with Gasteiger partial charge in [0.05, 0.1) is 0 Å². The molecule has 0 aromatic carbocycles. The highest BCUT2D eigenvalue weighted by Gasteiger charge is 2.48. The van der Waals surface area contributed by atoms with Gasteiger partial charge in [0.25, 0.3) is 0 Å². The van der Waals surface area contributed by atoms with Gasteiger partial charge in [-0.25, -0.2) is 0 Å². The largest absolute Gasteiger partial charge is 0.343 e. The van der Waals surface area contributed by atoms with Gasteiger partial charge in [-0.2, -0.15) is 0 Å². The van der Waals surface area contributed by atoms with E-state index in [1.807, 2.05) is 4.90 Å². The molecule has 2 unspecified atom stereocenters. The lowest BCUT2D eigenvalue weighted by Crippen LogP contribution is -2.65. The van der Waals surface area contributed by atoms with Crippen LogP contribution in [0.1, 0.15) is 46.5 Å². The predicted molar refractivity (Wildman–Crippen MR) is 65.3 cm³/mol. The Kier molecular flexibility index (Phi) is 3.40. The maximum absolute atomic E-state index is 12.3. The fraction of sp³-hybridized carbons (Fsp3) is 0.846. The van der Waals surface area contributed by atoms with Gasteiger partial charge in [0.2, 0.25) is 11.8 Å². The maximum Gasteiger partial charge on any atom is 0.245 e. The lowest BCUT2D eigenvalue weighted by molar-refractivity contribution is -0.152. The van der Waals surface area contributed by atoms with E-state index in [0.717, 1.165) is 25.7 Å². The second-order valence-electron chi connectivity index (χ2n) is 5.23. The molecule has 0 bridgehead atoms. The Labute approximate surface area is 103 Å². The molecule has 1 saturated carbocycles. The van der Waals surface area contributed by atoms with Crippen LogP contribution in [0, 0.1) is 5.92 Å². The van der Waals surface area contributed by atoms with E-state index in [9.17, 15) is 9.59 Å². The summed E-state index contributed by atoms with van der Waals surface area (Å²) in [7, 11) is 0. The maximum atomic E-state index is 12.3. The first-order valence-electron chi connectivity index (χ1n) is 6.72. The van der Waals surface area contributed by atoms with Crippen molar-refractivity contribution < 1.29 is 9.59 Å². The van der Waals surface area contributed by atoms with E-state index < -0.39 is 0 Å². The minimum absolute atomic E-state index is 0.0477. The third-order valence-corrected chi connectivity index (χ3v) is 3.96. The van der Waals surface area contributed by atoms with E-state index in [0.29, 0.717) is 5.92 Å². The number of nitrogens with one attached hydrogen (secondary N) is 1. The highest BCUT2D eigenvalue weighted by Crippen LogP contribution is 2.38. The SMILES string of the molecule is CCC(CC)N1C(=O)C(C)NC(=O)C1C1CC1. The third kappa shape index (κ3) is 2.17. The smallest absolute Gasteiger partial charge is 0.245 e. The molecule has 4 heteroatoms. The van der Waals surface area contributed by atoms with Gasteiger partial charge in [-0.1, -0.05) is 13.8 Å². The van der Waals surface area contributed by atoms with Crippen LogP contribution in [-0.4, -0.2) is 34.8 Å². The van der Waals surface area contributed by atoms with Gasteiger partial charge in [-0.05, 0) is 38.5 Å². The summed E-state index contributed by atoms with van der Waals surface area (Å²) in [5.74, 6) is 0.536. The van der Waals surface area contributed by atoms with Gasteiger partial charge >= 0.3 is 0 Å². The Morgan fingerprint density at radius 2 is 1.88 bits per heavy atom. The van der Waals surface area contributed by atoms with E-state index in [1.54, 1.807) is 6.92 Å². The molecule has 0 aromatic rings. The highest BCUT2D eigenvalue weighted by molar-refractivity contribution is 5.97. The van der Waals surface area contributed by atoms with Crippen LogP contribution in [0.3, 0.4) is 0 Å². The zero-order valence-electron chi connectivity index (χ0n) is 10.9. The van der Waals surface area contributed by atoms with Crippen LogP contribution < -0.4 is 5.32 Å². The monoisotopic (exact) mass is 238 g/mol. The van der Waals surface area contributed by atoms with Gasteiger partial charge in [0.15, 0.2) is 0 Å². The van der Waals surface area contributed by atoms with Gasteiger partial charge in [-0.15, -0.1) is 0 Å². The Morgan fingerprint density at radius 3 is 2.35 bits per heavy atom. The summed E-state index contributed by atoms with van der Waals surface area (Å²) >= 11 is 0. The Bertz CT molecular complexity index is 321. The highest BCUT2D eigenvalue weighted by atomic mass is 16.2. The van der Waals surface area contributed by atoms with Crippen molar-refractivity contribution in [3.8, 4) is 0 Å². The van der Waals surface area contributed by atoms with Crippen LogP contribution in [0.5, 0.6) is 0 Å². The molecule has 2 atom stereocenters. The molecule has 1 N–H and O–H groups in total. The van der Waals surface area contributed by atoms with E-state index in [4.69, 9.17) is 0 Å². The molecule has 2 fully saturated rings. The Morgan fingerprint density at radius 1 is 1.29 bits per heavy atom. The van der Waals surface area contributed by atoms with Crippen LogP contribution in [0.2, 0.25) is 0 Å². The number of hydrogen-bond donors (Lipinski definition) is 1. The van der Waals surface area contributed by atoms with E-state index in [1.165, 1.54) is 0 Å². The van der Waals surface area contributed by atoms with E-state index in [2.05, 4.69) is 19.2 Å².